The van der Waals surface area contributed by atoms with Gasteiger partial charge in [0.2, 0.25) is 5.91 Å². The first kappa shape index (κ1) is 23.1. The summed E-state index contributed by atoms with van der Waals surface area (Å²) in [5, 5.41) is 18.9. The van der Waals surface area contributed by atoms with E-state index >= 15 is 0 Å². The van der Waals surface area contributed by atoms with Crippen LogP contribution in [0, 0.1) is 12.7 Å². The Bertz CT molecular complexity index is 1330. The van der Waals surface area contributed by atoms with Crippen molar-refractivity contribution in [1.82, 2.24) is 15.1 Å². The predicted molar refractivity (Wildman–Crippen MR) is 124 cm³/mol. The third kappa shape index (κ3) is 4.94. The maximum absolute atomic E-state index is 13.4. The van der Waals surface area contributed by atoms with E-state index in [9.17, 15) is 18.8 Å². The zero-order valence-corrected chi connectivity index (χ0v) is 18.4. The van der Waals surface area contributed by atoms with Gasteiger partial charge in [-0.1, -0.05) is 24.3 Å². The number of carbonyl (C=O) groups is 2. The minimum absolute atomic E-state index is 0.0697. The number of anilines is 1. The van der Waals surface area contributed by atoms with E-state index in [1.807, 2.05) is 19.1 Å². The Morgan fingerprint density at radius 3 is 2.68 bits per heavy atom. The highest BCUT2D eigenvalue weighted by atomic mass is 19.1. The lowest BCUT2D eigenvalue weighted by atomic mass is 9.86. The van der Waals surface area contributed by atoms with Crippen LogP contribution in [-0.2, 0) is 16.1 Å². The van der Waals surface area contributed by atoms with Crippen LogP contribution in [-0.4, -0.2) is 33.3 Å². The van der Waals surface area contributed by atoms with E-state index in [2.05, 4.69) is 15.7 Å². The Labute approximate surface area is 194 Å². The van der Waals surface area contributed by atoms with Gasteiger partial charge in [-0.2, -0.15) is 5.10 Å². The minimum atomic E-state index is -0.512. The fraction of sp³-hybridized carbons (Fsp3) is 0.200. The van der Waals surface area contributed by atoms with E-state index in [1.165, 1.54) is 29.1 Å². The molecule has 0 saturated carbocycles. The molecule has 2 heterocycles. The number of rotatable bonds is 6. The summed E-state index contributed by atoms with van der Waals surface area (Å²) in [5.41, 5.74) is 3.23. The summed E-state index contributed by atoms with van der Waals surface area (Å²) in [6.07, 6.45) is 1.46. The van der Waals surface area contributed by atoms with Crippen LogP contribution in [0.3, 0.4) is 0 Å². The quantitative estimate of drug-likeness (QED) is 0.521. The van der Waals surface area contributed by atoms with E-state index in [4.69, 9.17) is 5.11 Å². The summed E-state index contributed by atoms with van der Waals surface area (Å²) in [7, 11) is 0. The Morgan fingerprint density at radius 1 is 1.18 bits per heavy atom. The summed E-state index contributed by atoms with van der Waals surface area (Å²) in [6, 6.07) is 14.1. The van der Waals surface area contributed by atoms with Gasteiger partial charge in [-0.15, -0.1) is 0 Å². The van der Waals surface area contributed by atoms with Gasteiger partial charge in [-0.25, -0.2) is 9.07 Å². The molecule has 1 aliphatic rings. The Morgan fingerprint density at radius 2 is 1.94 bits per heavy atom. The molecule has 1 aliphatic heterocycles. The van der Waals surface area contributed by atoms with Crippen LogP contribution in [0.15, 0.2) is 71.2 Å². The third-order valence-electron chi connectivity index (χ3n) is 5.65. The van der Waals surface area contributed by atoms with Crippen molar-refractivity contribution in [3.8, 4) is 11.3 Å². The van der Waals surface area contributed by atoms with Crippen LogP contribution in [0.25, 0.3) is 11.3 Å². The number of hydrogen-bond donors (Lipinski definition) is 3. The lowest BCUT2D eigenvalue weighted by molar-refractivity contribution is -0.121. The molecule has 9 heteroatoms. The third-order valence-corrected chi connectivity index (χ3v) is 5.65. The van der Waals surface area contributed by atoms with Gasteiger partial charge in [0, 0.05) is 41.4 Å². The minimum Gasteiger partial charge on any atom is -0.394 e. The van der Waals surface area contributed by atoms with Gasteiger partial charge in [-0.3, -0.25) is 14.4 Å². The molecule has 34 heavy (non-hydrogen) atoms. The number of aryl methyl sites for hydroxylation is 1. The molecule has 8 nitrogen and oxygen atoms in total. The Hall–Kier alpha value is -4.11. The summed E-state index contributed by atoms with van der Waals surface area (Å²) in [6.45, 7) is 1.70. The second kappa shape index (κ2) is 9.80. The van der Waals surface area contributed by atoms with E-state index in [0.717, 1.165) is 5.56 Å². The number of aromatic nitrogens is 2. The summed E-state index contributed by atoms with van der Waals surface area (Å²) < 4.78 is 14.6. The highest BCUT2D eigenvalue weighted by Crippen LogP contribution is 2.32. The summed E-state index contributed by atoms with van der Waals surface area (Å²) in [4.78, 5) is 37.1. The van der Waals surface area contributed by atoms with Gasteiger partial charge in [-0.05, 0) is 42.3 Å². The first-order valence-corrected chi connectivity index (χ1v) is 10.7. The van der Waals surface area contributed by atoms with Crippen molar-refractivity contribution < 1.29 is 19.1 Å². The standard InChI is InChI=1S/C25H23FN4O4/c1-15-2-3-17(21-8-9-24(33)30(29-21)10-11-31)12-22(15)28-25(34)20-14-27-23(32)13-19(20)16-4-6-18(26)7-5-16/h2-9,12,14,19,31H,10-11,13H2,1H3,(H,27,32)(H,28,34). The molecule has 3 N–H and O–H groups in total. The number of aliphatic hydroxyl groups is 1. The topological polar surface area (TPSA) is 113 Å². The number of benzene rings is 2. The van der Waals surface area contributed by atoms with Crippen LogP contribution in [0.4, 0.5) is 10.1 Å². The number of amides is 2. The number of hydrogen-bond acceptors (Lipinski definition) is 5. The molecule has 0 aliphatic carbocycles. The lowest BCUT2D eigenvalue weighted by Crippen LogP contribution is -2.32. The molecule has 1 atom stereocenters. The molecule has 0 radical (unpaired) electrons. The smallest absolute Gasteiger partial charge is 0.266 e. The average molecular weight is 462 g/mol. The highest BCUT2D eigenvalue weighted by molar-refractivity contribution is 6.07. The Kier molecular flexibility index (Phi) is 6.65. The molecule has 4 rings (SSSR count). The molecule has 1 aromatic heterocycles. The summed E-state index contributed by atoms with van der Waals surface area (Å²) >= 11 is 0. The molecule has 0 saturated heterocycles. The summed E-state index contributed by atoms with van der Waals surface area (Å²) in [5.74, 6) is -1.53. The normalized spacial score (nSPS) is 15.4. The second-order valence-corrected chi connectivity index (χ2v) is 7.96. The van der Waals surface area contributed by atoms with Crippen molar-refractivity contribution in [3.63, 3.8) is 0 Å². The number of carbonyl (C=O) groups excluding carboxylic acids is 2. The van der Waals surface area contributed by atoms with Crippen molar-refractivity contribution in [2.24, 2.45) is 0 Å². The van der Waals surface area contributed by atoms with Crippen molar-refractivity contribution in [2.75, 3.05) is 11.9 Å². The van der Waals surface area contributed by atoms with Crippen LogP contribution < -0.4 is 16.2 Å². The van der Waals surface area contributed by atoms with Gasteiger partial charge in [0.25, 0.3) is 11.5 Å². The van der Waals surface area contributed by atoms with E-state index in [-0.39, 0.29) is 31.0 Å². The number of nitrogens with zero attached hydrogens (tertiary/aromatic N) is 2. The van der Waals surface area contributed by atoms with Crippen LogP contribution in [0.1, 0.15) is 23.5 Å². The van der Waals surface area contributed by atoms with Crippen molar-refractivity contribution in [2.45, 2.75) is 25.8 Å². The molecule has 2 amide bonds. The maximum atomic E-state index is 13.4. The fourth-order valence-corrected chi connectivity index (χ4v) is 3.80. The molecule has 2 aromatic carbocycles. The van der Waals surface area contributed by atoms with Crippen molar-refractivity contribution in [1.29, 1.82) is 0 Å². The monoisotopic (exact) mass is 462 g/mol. The van der Waals surface area contributed by atoms with E-state index < -0.39 is 17.6 Å². The zero-order valence-electron chi connectivity index (χ0n) is 18.4. The molecule has 3 aromatic rings. The number of nitrogens with one attached hydrogen (secondary N) is 2. The number of halogens is 1. The SMILES string of the molecule is Cc1ccc(-c2ccc(=O)n(CCO)n2)cc1NC(=O)C1=CNC(=O)CC1c1ccc(F)cc1. The van der Waals surface area contributed by atoms with E-state index in [0.29, 0.717) is 28.1 Å². The van der Waals surface area contributed by atoms with Gasteiger partial charge >= 0.3 is 0 Å². The van der Waals surface area contributed by atoms with Crippen molar-refractivity contribution in [3.05, 3.63) is 93.7 Å². The first-order chi connectivity index (χ1) is 16.4. The largest absolute Gasteiger partial charge is 0.394 e. The van der Waals surface area contributed by atoms with Gasteiger partial charge in [0.15, 0.2) is 0 Å². The fourth-order valence-electron chi connectivity index (χ4n) is 3.80. The van der Waals surface area contributed by atoms with Gasteiger partial charge in [0.05, 0.1) is 18.8 Å². The molecule has 0 bridgehead atoms. The van der Waals surface area contributed by atoms with Crippen LogP contribution in [0.5, 0.6) is 0 Å². The number of aliphatic hydroxyl groups excluding tert-OH is 1. The van der Waals surface area contributed by atoms with Crippen LogP contribution in [0.2, 0.25) is 0 Å². The lowest BCUT2D eigenvalue weighted by Gasteiger charge is -2.24. The molecule has 174 valence electrons. The van der Waals surface area contributed by atoms with Crippen LogP contribution >= 0.6 is 0 Å². The average Bonchev–Trinajstić information content (AvgIpc) is 2.82. The van der Waals surface area contributed by atoms with Crippen molar-refractivity contribution >= 4 is 17.5 Å². The predicted octanol–water partition coefficient (Wildman–Crippen LogP) is 2.48. The zero-order chi connectivity index (χ0) is 24.2. The maximum Gasteiger partial charge on any atom is 0.266 e. The molecule has 1 unspecified atom stereocenters. The highest BCUT2D eigenvalue weighted by Gasteiger charge is 2.29. The Balaban J connectivity index is 1.62. The molecule has 0 fully saturated rings. The first-order valence-electron chi connectivity index (χ1n) is 10.7. The second-order valence-electron chi connectivity index (χ2n) is 7.96. The van der Waals surface area contributed by atoms with E-state index in [1.54, 1.807) is 24.3 Å². The molecule has 0 spiro atoms. The van der Waals surface area contributed by atoms with Gasteiger partial charge < -0.3 is 15.7 Å². The van der Waals surface area contributed by atoms with Gasteiger partial charge in [0.1, 0.15) is 5.82 Å². The molecular formula is C25H23FN4O4. The molecular weight excluding hydrogens is 439 g/mol.